The molecule has 0 aromatic carbocycles. The molecule has 37 heavy (non-hydrogen) atoms. The SMILES string of the molecule is C=CCn1c(SCC(=O)Nc2scc(-c3cccs3)c2C(=O)OC)nc2sc3c(c2c1=O)CCCCC3. The molecule has 4 aromatic heterocycles. The van der Waals surface area contributed by atoms with Gasteiger partial charge in [0.25, 0.3) is 5.56 Å². The van der Waals surface area contributed by atoms with Crippen LogP contribution in [0, 0.1) is 0 Å². The summed E-state index contributed by atoms with van der Waals surface area (Å²) in [6.45, 7) is 4.12. The van der Waals surface area contributed by atoms with Crippen LogP contribution in [0.4, 0.5) is 5.00 Å². The maximum atomic E-state index is 13.5. The topological polar surface area (TPSA) is 90.3 Å². The molecule has 0 saturated carbocycles. The highest BCUT2D eigenvalue weighted by Gasteiger charge is 2.24. The molecule has 4 heterocycles. The Balaban J connectivity index is 1.40. The third kappa shape index (κ3) is 5.18. The zero-order valence-electron chi connectivity index (χ0n) is 20.2. The Morgan fingerprint density at radius 1 is 1.27 bits per heavy atom. The average molecular weight is 572 g/mol. The van der Waals surface area contributed by atoms with Crippen LogP contribution in [-0.4, -0.2) is 34.3 Å². The van der Waals surface area contributed by atoms with Gasteiger partial charge in [-0.2, -0.15) is 0 Å². The zero-order valence-corrected chi connectivity index (χ0v) is 23.5. The van der Waals surface area contributed by atoms with E-state index in [1.165, 1.54) is 52.8 Å². The summed E-state index contributed by atoms with van der Waals surface area (Å²) in [6, 6.07) is 3.83. The van der Waals surface area contributed by atoms with Gasteiger partial charge in [0, 0.05) is 27.2 Å². The van der Waals surface area contributed by atoms with Crippen LogP contribution in [0.2, 0.25) is 0 Å². The van der Waals surface area contributed by atoms with Crippen LogP contribution in [0.3, 0.4) is 0 Å². The number of amides is 1. The fourth-order valence-corrected chi connectivity index (χ4v) is 8.36. The summed E-state index contributed by atoms with van der Waals surface area (Å²) in [5.74, 6) is -0.763. The van der Waals surface area contributed by atoms with Gasteiger partial charge in [0.2, 0.25) is 5.91 Å². The minimum atomic E-state index is -0.503. The smallest absolute Gasteiger partial charge is 0.341 e. The summed E-state index contributed by atoms with van der Waals surface area (Å²) in [5.41, 5.74) is 2.16. The number of aromatic nitrogens is 2. The number of carbonyl (C=O) groups is 2. The molecule has 1 aliphatic carbocycles. The van der Waals surface area contributed by atoms with E-state index in [2.05, 4.69) is 11.9 Å². The number of anilines is 1. The number of esters is 1. The fourth-order valence-electron chi connectivity index (χ4n) is 4.46. The van der Waals surface area contributed by atoms with Gasteiger partial charge >= 0.3 is 5.97 Å². The lowest BCUT2D eigenvalue weighted by atomic mass is 10.1. The molecule has 0 atom stereocenters. The van der Waals surface area contributed by atoms with Crippen molar-refractivity contribution >= 4 is 72.9 Å². The maximum Gasteiger partial charge on any atom is 0.341 e. The number of nitrogens with zero attached hydrogens (tertiary/aromatic N) is 2. The fraction of sp³-hybridized carbons (Fsp3) is 0.308. The molecule has 0 radical (unpaired) electrons. The predicted octanol–water partition coefficient (Wildman–Crippen LogP) is 6.22. The van der Waals surface area contributed by atoms with Gasteiger partial charge in [-0.1, -0.05) is 30.3 Å². The first kappa shape index (κ1) is 25.9. The second kappa shape index (κ2) is 11.3. The lowest BCUT2D eigenvalue weighted by Crippen LogP contribution is -2.24. The monoisotopic (exact) mass is 571 g/mol. The molecule has 192 valence electrons. The van der Waals surface area contributed by atoms with E-state index in [0.29, 0.717) is 22.3 Å². The standard InChI is InChI=1S/C26H25N3O4S4/c1-3-11-29-24(31)20-15-8-5-4-6-9-18(15)37-23(20)28-26(29)36-14-19(30)27-22-21(25(32)33-2)16(13-35-22)17-10-7-12-34-17/h3,7,10,12-13H,1,4-6,8-9,11,14H2,2H3,(H,27,30). The molecule has 1 N–H and O–H groups in total. The van der Waals surface area contributed by atoms with Crippen molar-refractivity contribution < 1.29 is 14.3 Å². The molecule has 5 rings (SSSR count). The molecule has 0 saturated heterocycles. The number of thioether (sulfide) groups is 1. The second-order valence-electron chi connectivity index (χ2n) is 8.50. The first-order chi connectivity index (χ1) is 18.0. The number of nitrogens with one attached hydrogen (secondary N) is 1. The van der Waals surface area contributed by atoms with Gasteiger partial charge in [-0.3, -0.25) is 14.2 Å². The van der Waals surface area contributed by atoms with E-state index in [-0.39, 0.29) is 17.2 Å². The van der Waals surface area contributed by atoms with Crippen LogP contribution in [-0.2, 0) is 28.9 Å². The quantitative estimate of drug-likeness (QED) is 0.0888. The van der Waals surface area contributed by atoms with Crippen molar-refractivity contribution in [3.8, 4) is 10.4 Å². The zero-order chi connectivity index (χ0) is 25.9. The molecule has 0 bridgehead atoms. The van der Waals surface area contributed by atoms with Gasteiger partial charge in [0.05, 0.1) is 18.2 Å². The van der Waals surface area contributed by atoms with Crippen LogP contribution in [0.15, 0.2) is 45.5 Å². The third-order valence-electron chi connectivity index (χ3n) is 6.15. The Hall–Kier alpha value is -2.73. The van der Waals surface area contributed by atoms with Gasteiger partial charge < -0.3 is 10.1 Å². The van der Waals surface area contributed by atoms with Crippen LogP contribution < -0.4 is 10.9 Å². The largest absolute Gasteiger partial charge is 0.465 e. The summed E-state index contributed by atoms with van der Waals surface area (Å²) in [7, 11) is 1.32. The van der Waals surface area contributed by atoms with Crippen molar-refractivity contribution in [1.29, 1.82) is 0 Å². The van der Waals surface area contributed by atoms with Gasteiger partial charge in [0.1, 0.15) is 15.4 Å². The highest BCUT2D eigenvalue weighted by molar-refractivity contribution is 7.99. The Bertz CT molecular complexity index is 1530. The molecule has 0 aliphatic heterocycles. The van der Waals surface area contributed by atoms with Crippen molar-refractivity contribution in [3.63, 3.8) is 0 Å². The number of methoxy groups -OCH3 is 1. The van der Waals surface area contributed by atoms with Crippen molar-refractivity contribution in [3.05, 3.63) is 61.9 Å². The first-order valence-corrected chi connectivity index (χ1v) is 15.4. The highest BCUT2D eigenvalue weighted by Crippen LogP contribution is 2.38. The first-order valence-electron chi connectivity index (χ1n) is 11.8. The van der Waals surface area contributed by atoms with E-state index in [1.54, 1.807) is 22.0 Å². The summed E-state index contributed by atoms with van der Waals surface area (Å²) >= 11 is 5.60. The third-order valence-corrected chi connectivity index (χ3v) is 10.1. The van der Waals surface area contributed by atoms with Gasteiger partial charge in [-0.15, -0.1) is 40.6 Å². The summed E-state index contributed by atoms with van der Waals surface area (Å²) in [5, 5.41) is 8.29. The van der Waals surface area contributed by atoms with Crippen LogP contribution >= 0.6 is 45.8 Å². The number of hydrogen-bond acceptors (Lipinski definition) is 9. The van der Waals surface area contributed by atoms with Gasteiger partial charge in [-0.25, -0.2) is 9.78 Å². The Morgan fingerprint density at radius 2 is 2.11 bits per heavy atom. The summed E-state index contributed by atoms with van der Waals surface area (Å²) < 4.78 is 6.59. The Kier molecular flexibility index (Phi) is 7.94. The molecule has 0 unspecified atom stereocenters. The van der Waals surface area contributed by atoms with Crippen molar-refractivity contribution in [2.24, 2.45) is 0 Å². The number of aryl methyl sites for hydroxylation is 2. The number of ether oxygens (including phenoxy) is 1. The van der Waals surface area contributed by atoms with Gasteiger partial charge in [-0.05, 0) is 42.7 Å². The molecular weight excluding hydrogens is 547 g/mol. The van der Waals surface area contributed by atoms with Crippen LogP contribution in [0.1, 0.15) is 40.1 Å². The molecule has 1 aliphatic rings. The second-order valence-corrected chi connectivity index (χ2v) is 12.4. The molecular formula is C26H25N3O4S4. The molecule has 0 fully saturated rings. The number of hydrogen-bond donors (Lipinski definition) is 1. The Morgan fingerprint density at radius 3 is 2.86 bits per heavy atom. The maximum absolute atomic E-state index is 13.5. The van der Waals surface area contributed by atoms with E-state index in [1.807, 2.05) is 22.9 Å². The molecule has 1 amide bonds. The number of allylic oxidation sites excluding steroid dienone is 1. The normalized spacial score (nSPS) is 13.2. The minimum absolute atomic E-state index is 0.0347. The van der Waals surface area contributed by atoms with Gasteiger partial charge in [0.15, 0.2) is 5.16 Å². The lowest BCUT2D eigenvalue weighted by molar-refractivity contribution is -0.113. The van der Waals surface area contributed by atoms with E-state index in [0.717, 1.165) is 51.9 Å². The van der Waals surface area contributed by atoms with Crippen molar-refractivity contribution in [1.82, 2.24) is 9.55 Å². The lowest BCUT2D eigenvalue weighted by Gasteiger charge is -2.11. The highest BCUT2D eigenvalue weighted by atomic mass is 32.2. The number of rotatable bonds is 8. The van der Waals surface area contributed by atoms with E-state index >= 15 is 0 Å². The molecule has 7 nitrogen and oxygen atoms in total. The van der Waals surface area contributed by atoms with E-state index in [9.17, 15) is 14.4 Å². The predicted molar refractivity (Wildman–Crippen MR) is 154 cm³/mol. The molecule has 11 heteroatoms. The molecule has 4 aromatic rings. The summed E-state index contributed by atoms with van der Waals surface area (Å²) in [6.07, 6.45) is 6.96. The number of fused-ring (bicyclic) bond motifs is 3. The van der Waals surface area contributed by atoms with Crippen LogP contribution in [0.25, 0.3) is 20.7 Å². The number of thiophene rings is 3. The van der Waals surface area contributed by atoms with Crippen molar-refractivity contribution in [2.45, 2.75) is 43.8 Å². The van der Waals surface area contributed by atoms with Crippen molar-refractivity contribution in [2.75, 3.05) is 18.2 Å². The summed E-state index contributed by atoms with van der Waals surface area (Å²) in [4.78, 5) is 46.7. The van der Waals surface area contributed by atoms with E-state index < -0.39 is 5.97 Å². The average Bonchev–Trinajstić information content (AvgIpc) is 3.60. The Labute approximate surface area is 230 Å². The van der Waals surface area contributed by atoms with E-state index in [4.69, 9.17) is 9.72 Å². The number of carbonyl (C=O) groups excluding carboxylic acids is 2. The van der Waals surface area contributed by atoms with Crippen LogP contribution in [0.5, 0.6) is 0 Å². The minimum Gasteiger partial charge on any atom is -0.465 e. The molecule has 0 spiro atoms.